The molecule has 10 aromatic rings. The lowest BCUT2D eigenvalue weighted by atomic mass is 9.82. The van der Waals surface area contributed by atoms with Gasteiger partial charge in [-0.15, -0.1) is 0 Å². The first kappa shape index (κ1) is 38.5. The molecule has 0 amide bonds. The summed E-state index contributed by atoms with van der Waals surface area (Å²) >= 11 is 0. The number of benzene rings is 10. The number of ether oxygens (including phenoxy) is 1. The van der Waals surface area contributed by atoms with E-state index in [1.807, 2.05) is 0 Å². The van der Waals surface area contributed by atoms with Gasteiger partial charge in [-0.2, -0.15) is 0 Å². The summed E-state index contributed by atoms with van der Waals surface area (Å²) in [7, 11) is 0. The van der Waals surface area contributed by atoms with Crippen molar-refractivity contribution in [3.05, 3.63) is 248 Å². The van der Waals surface area contributed by atoms with Gasteiger partial charge in [-0.1, -0.05) is 190 Å². The molecule has 0 unspecified atom stereocenters. The summed E-state index contributed by atoms with van der Waals surface area (Å²) in [5.74, 6) is 1.64. The Balaban J connectivity index is 1.02. The summed E-state index contributed by atoms with van der Waals surface area (Å²) in [6.07, 6.45) is 0. The van der Waals surface area contributed by atoms with Crippen LogP contribution in [0.15, 0.2) is 237 Å². The molecule has 0 spiro atoms. The average Bonchev–Trinajstić information content (AvgIpc) is 3.50. The van der Waals surface area contributed by atoms with E-state index < -0.39 is 0 Å². The van der Waals surface area contributed by atoms with Gasteiger partial charge in [-0.3, -0.25) is 0 Å². The van der Waals surface area contributed by atoms with Crippen LogP contribution in [0.5, 0.6) is 11.5 Å². The van der Waals surface area contributed by atoms with Crippen LogP contribution in [0.3, 0.4) is 0 Å². The van der Waals surface area contributed by atoms with Crippen molar-refractivity contribution < 1.29 is 4.74 Å². The molecule has 0 saturated heterocycles. The molecule has 1 aliphatic carbocycles. The zero-order valence-corrected chi connectivity index (χ0v) is 36.4. The number of nitrogens with zero attached hydrogens (tertiary/aromatic N) is 1. The van der Waals surface area contributed by atoms with Crippen LogP contribution in [0, 0.1) is 0 Å². The van der Waals surface area contributed by atoms with Gasteiger partial charge in [-0.25, -0.2) is 0 Å². The van der Waals surface area contributed by atoms with Crippen molar-refractivity contribution in [2.75, 3.05) is 4.90 Å². The molecule has 0 saturated carbocycles. The molecule has 12 rings (SSSR count). The minimum absolute atomic E-state index is 0.151. The van der Waals surface area contributed by atoms with Crippen LogP contribution < -0.4 is 9.64 Å². The van der Waals surface area contributed by atoms with Crippen LogP contribution in [-0.2, 0) is 5.41 Å². The van der Waals surface area contributed by atoms with E-state index in [0.717, 1.165) is 67.5 Å². The molecule has 65 heavy (non-hydrogen) atoms. The maximum absolute atomic E-state index is 7.26. The summed E-state index contributed by atoms with van der Waals surface area (Å²) in [4.78, 5) is 2.39. The Labute approximate surface area is 381 Å². The van der Waals surface area contributed by atoms with E-state index in [0.29, 0.717) is 0 Å². The van der Waals surface area contributed by atoms with Crippen LogP contribution in [0.2, 0.25) is 0 Å². The topological polar surface area (TPSA) is 12.5 Å². The van der Waals surface area contributed by atoms with Crippen molar-refractivity contribution in [3.63, 3.8) is 0 Å². The van der Waals surface area contributed by atoms with Gasteiger partial charge in [-0.05, 0) is 132 Å². The Morgan fingerprint density at radius 1 is 0.277 bits per heavy atom. The Kier molecular flexibility index (Phi) is 9.21. The molecule has 2 aliphatic rings. The van der Waals surface area contributed by atoms with Crippen molar-refractivity contribution in [3.8, 4) is 89.4 Å². The zero-order chi connectivity index (χ0) is 43.5. The van der Waals surface area contributed by atoms with Gasteiger partial charge >= 0.3 is 0 Å². The smallest absolute Gasteiger partial charge is 0.137 e. The highest BCUT2D eigenvalue weighted by Gasteiger charge is 2.36. The fourth-order valence-electron chi connectivity index (χ4n) is 10.1. The fraction of sp³-hybridized carbons (Fsp3) is 0.0476. The second-order valence-corrected chi connectivity index (χ2v) is 17.7. The molecular formula is C63H45NO. The lowest BCUT2D eigenvalue weighted by molar-refractivity contribution is 0.488. The normalized spacial score (nSPS) is 12.7. The molecule has 2 heteroatoms. The van der Waals surface area contributed by atoms with E-state index in [-0.39, 0.29) is 5.41 Å². The Bertz CT molecular complexity index is 3410. The SMILES string of the molecule is CC1(C)c2ccccc2-c2ccc(N(c3cccc(-c4ccccc4)c3)c3ccc4c(c3)Oc3cc(-c5ccc(-c6ccccc6)cc5)ccc3-c3cc(-c5ccccc5)ccc3-4)cc21. The minimum Gasteiger partial charge on any atom is -0.456 e. The Morgan fingerprint density at radius 2 is 0.708 bits per heavy atom. The summed E-state index contributed by atoms with van der Waals surface area (Å²) in [6, 6.07) is 85.7. The predicted octanol–water partition coefficient (Wildman–Crippen LogP) is 17.6. The third-order valence-corrected chi connectivity index (χ3v) is 13.5. The molecule has 0 aromatic heterocycles. The van der Waals surface area contributed by atoms with Gasteiger partial charge < -0.3 is 9.64 Å². The van der Waals surface area contributed by atoms with Gasteiger partial charge in [0.15, 0.2) is 0 Å². The van der Waals surface area contributed by atoms with Crippen molar-refractivity contribution >= 4 is 17.1 Å². The summed E-state index contributed by atoms with van der Waals surface area (Å²) < 4.78 is 7.26. The predicted molar refractivity (Wildman–Crippen MR) is 271 cm³/mol. The number of rotatable bonds is 7. The average molecular weight is 832 g/mol. The maximum atomic E-state index is 7.26. The quantitative estimate of drug-likeness (QED) is 0.159. The lowest BCUT2D eigenvalue weighted by Crippen LogP contribution is -2.16. The highest BCUT2D eigenvalue weighted by Crippen LogP contribution is 2.53. The largest absolute Gasteiger partial charge is 0.456 e. The van der Waals surface area contributed by atoms with Crippen LogP contribution >= 0.6 is 0 Å². The van der Waals surface area contributed by atoms with E-state index >= 15 is 0 Å². The van der Waals surface area contributed by atoms with Crippen molar-refractivity contribution in [1.82, 2.24) is 0 Å². The van der Waals surface area contributed by atoms with E-state index in [1.165, 1.54) is 50.1 Å². The van der Waals surface area contributed by atoms with Crippen molar-refractivity contribution in [2.45, 2.75) is 19.3 Å². The number of anilines is 3. The molecule has 0 N–H and O–H groups in total. The van der Waals surface area contributed by atoms with E-state index in [9.17, 15) is 0 Å². The molecule has 1 aliphatic heterocycles. The standard InChI is InChI=1S/C63H45NO/c1-63(2)59-24-13-12-23-54(59)55-35-31-51(40-60(55)63)64(50-22-14-21-47(37-50)43-17-8-4-9-18-43)52-32-36-56-53-33-29-48(44-19-10-5-11-20-44)38-58(53)57-34-30-49(39-61(57)65-62(56)41-52)46-27-25-45(26-28-46)42-15-6-3-7-16-42/h3-41H,1-2H3. The van der Waals surface area contributed by atoms with E-state index in [2.05, 4.69) is 255 Å². The molecular weight excluding hydrogens is 787 g/mol. The summed E-state index contributed by atoms with van der Waals surface area (Å²) in [5.41, 5.74) is 22.1. The Morgan fingerprint density at radius 3 is 1.40 bits per heavy atom. The van der Waals surface area contributed by atoms with E-state index in [4.69, 9.17) is 4.74 Å². The van der Waals surface area contributed by atoms with Crippen LogP contribution in [0.4, 0.5) is 17.1 Å². The van der Waals surface area contributed by atoms with Crippen LogP contribution in [0.25, 0.3) is 77.9 Å². The Hall–Kier alpha value is -8.20. The molecule has 10 aromatic carbocycles. The van der Waals surface area contributed by atoms with Gasteiger partial charge in [0, 0.05) is 39.7 Å². The monoisotopic (exact) mass is 831 g/mol. The highest BCUT2D eigenvalue weighted by molar-refractivity contribution is 5.95. The summed E-state index contributed by atoms with van der Waals surface area (Å²) in [6.45, 7) is 4.70. The number of hydrogen-bond donors (Lipinski definition) is 0. The third-order valence-electron chi connectivity index (χ3n) is 13.5. The molecule has 0 fully saturated rings. The first-order valence-corrected chi connectivity index (χ1v) is 22.5. The lowest BCUT2D eigenvalue weighted by Gasteiger charge is -2.29. The van der Waals surface area contributed by atoms with Crippen molar-refractivity contribution in [2.24, 2.45) is 0 Å². The molecule has 0 bridgehead atoms. The van der Waals surface area contributed by atoms with Crippen LogP contribution in [0.1, 0.15) is 25.0 Å². The second-order valence-electron chi connectivity index (χ2n) is 17.7. The minimum atomic E-state index is -0.151. The number of hydrogen-bond acceptors (Lipinski definition) is 2. The molecule has 1 heterocycles. The molecule has 308 valence electrons. The molecule has 2 nitrogen and oxygen atoms in total. The van der Waals surface area contributed by atoms with Gasteiger partial charge in [0.05, 0.1) is 0 Å². The number of fused-ring (bicyclic) bond motifs is 8. The van der Waals surface area contributed by atoms with Crippen LogP contribution in [-0.4, -0.2) is 0 Å². The summed E-state index contributed by atoms with van der Waals surface area (Å²) in [5, 5.41) is 0. The zero-order valence-electron chi connectivity index (χ0n) is 36.4. The fourth-order valence-corrected chi connectivity index (χ4v) is 10.1. The third kappa shape index (κ3) is 6.74. The van der Waals surface area contributed by atoms with E-state index in [1.54, 1.807) is 0 Å². The molecule has 0 radical (unpaired) electrons. The van der Waals surface area contributed by atoms with Gasteiger partial charge in [0.25, 0.3) is 0 Å². The van der Waals surface area contributed by atoms with Gasteiger partial charge in [0.2, 0.25) is 0 Å². The van der Waals surface area contributed by atoms with Crippen molar-refractivity contribution in [1.29, 1.82) is 0 Å². The second kappa shape index (κ2) is 15.6. The first-order chi connectivity index (χ1) is 32.0. The maximum Gasteiger partial charge on any atom is 0.137 e. The first-order valence-electron chi connectivity index (χ1n) is 22.5. The van der Waals surface area contributed by atoms with Gasteiger partial charge in [0.1, 0.15) is 11.5 Å². The highest BCUT2D eigenvalue weighted by atomic mass is 16.5. The molecule has 0 atom stereocenters.